The number of H-pyrrole nitrogens is 1. The van der Waals surface area contributed by atoms with Crippen LogP contribution in [0.15, 0.2) is 18.2 Å². The molecule has 4 nitrogen and oxygen atoms in total. The first-order chi connectivity index (χ1) is 9.04. The second kappa shape index (κ2) is 4.71. The average molecular weight is 298 g/mol. The van der Waals surface area contributed by atoms with Crippen LogP contribution in [0.4, 0.5) is 0 Å². The van der Waals surface area contributed by atoms with Crippen molar-refractivity contribution in [3.8, 4) is 0 Å². The molecule has 1 saturated heterocycles. The number of nitrogens with one attached hydrogen (secondary N) is 1. The van der Waals surface area contributed by atoms with Crippen molar-refractivity contribution in [3.63, 3.8) is 0 Å². The Morgan fingerprint density at radius 3 is 2.74 bits per heavy atom. The molecule has 2 heterocycles. The third-order valence-corrected chi connectivity index (χ3v) is 4.13. The van der Waals surface area contributed by atoms with Gasteiger partial charge in [0.25, 0.3) is 5.91 Å². The number of halogens is 2. The molecule has 1 aliphatic rings. The summed E-state index contributed by atoms with van der Waals surface area (Å²) in [6, 6.07) is 5.36. The van der Waals surface area contributed by atoms with Gasteiger partial charge in [-0.2, -0.15) is 0 Å². The van der Waals surface area contributed by atoms with E-state index < -0.39 is 0 Å². The smallest absolute Gasteiger partial charge is 0.270 e. The van der Waals surface area contributed by atoms with E-state index in [9.17, 15) is 4.79 Å². The summed E-state index contributed by atoms with van der Waals surface area (Å²) in [7, 11) is 0. The van der Waals surface area contributed by atoms with Crippen molar-refractivity contribution in [2.75, 3.05) is 13.1 Å². The summed E-state index contributed by atoms with van der Waals surface area (Å²) in [5, 5.41) is 1.83. The van der Waals surface area contributed by atoms with Crippen LogP contribution in [0.1, 0.15) is 16.9 Å². The van der Waals surface area contributed by atoms with Crippen LogP contribution in [-0.2, 0) is 0 Å². The van der Waals surface area contributed by atoms with Crippen LogP contribution in [0.5, 0.6) is 0 Å². The number of hydrogen-bond acceptors (Lipinski definition) is 2. The number of aromatic nitrogens is 1. The van der Waals surface area contributed by atoms with Gasteiger partial charge in [-0.3, -0.25) is 4.79 Å². The van der Waals surface area contributed by atoms with Gasteiger partial charge in [-0.1, -0.05) is 23.2 Å². The standard InChI is InChI=1S/C13H13Cl2N3O/c14-9-3-7-4-12(17-11(7)5-10(9)15)13(19)18-2-1-8(16)6-18/h3-5,8,17H,1-2,6,16H2/t8-/m1/s1. The molecule has 0 unspecified atom stereocenters. The maximum absolute atomic E-state index is 12.3. The number of benzene rings is 1. The topological polar surface area (TPSA) is 62.1 Å². The van der Waals surface area contributed by atoms with Gasteiger partial charge in [-0.05, 0) is 24.6 Å². The highest BCUT2D eigenvalue weighted by molar-refractivity contribution is 6.42. The number of rotatable bonds is 1. The molecule has 100 valence electrons. The van der Waals surface area contributed by atoms with Gasteiger partial charge in [0.2, 0.25) is 0 Å². The van der Waals surface area contributed by atoms with Gasteiger partial charge >= 0.3 is 0 Å². The summed E-state index contributed by atoms with van der Waals surface area (Å²) < 4.78 is 0. The van der Waals surface area contributed by atoms with Crippen LogP contribution in [0.25, 0.3) is 10.9 Å². The lowest BCUT2D eigenvalue weighted by atomic mass is 10.2. The van der Waals surface area contributed by atoms with Gasteiger partial charge in [0.05, 0.1) is 10.0 Å². The summed E-state index contributed by atoms with van der Waals surface area (Å²) in [5.41, 5.74) is 7.17. The minimum atomic E-state index is -0.0311. The Morgan fingerprint density at radius 2 is 2.05 bits per heavy atom. The number of aromatic amines is 1. The summed E-state index contributed by atoms with van der Waals surface area (Å²) in [6.07, 6.45) is 0.851. The number of nitrogens with two attached hydrogens (primary N) is 1. The van der Waals surface area contributed by atoms with Crippen LogP contribution in [-0.4, -0.2) is 34.9 Å². The molecule has 19 heavy (non-hydrogen) atoms. The number of amides is 1. The number of fused-ring (bicyclic) bond motifs is 1. The van der Waals surface area contributed by atoms with Crippen LogP contribution in [0.2, 0.25) is 10.0 Å². The zero-order chi connectivity index (χ0) is 13.6. The van der Waals surface area contributed by atoms with Gasteiger partial charge in [0.1, 0.15) is 5.69 Å². The first kappa shape index (κ1) is 12.8. The van der Waals surface area contributed by atoms with E-state index in [0.717, 1.165) is 17.3 Å². The third kappa shape index (κ3) is 2.31. The Morgan fingerprint density at radius 1 is 1.32 bits per heavy atom. The Bertz CT molecular complexity index is 614. The molecular formula is C13H13Cl2N3O. The fourth-order valence-corrected chi connectivity index (χ4v) is 2.72. The first-order valence-corrected chi connectivity index (χ1v) is 6.83. The highest BCUT2D eigenvalue weighted by Gasteiger charge is 2.25. The molecule has 1 atom stereocenters. The second-order valence-electron chi connectivity index (χ2n) is 4.84. The third-order valence-electron chi connectivity index (χ3n) is 3.40. The van der Waals surface area contributed by atoms with Crippen LogP contribution < -0.4 is 5.73 Å². The van der Waals surface area contributed by atoms with E-state index in [1.807, 2.05) is 0 Å². The zero-order valence-corrected chi connectivity index (χ0v) is 11.6. The molecule has 0 bridgehead atoms. The molecule has 6 heteroatoms. The number of carbonyl (C=O) groups excluding carboxylic acids is 1. The number of nitrogens with zero attached hydrogens (tertiary/aromatic N) is 1. The number of likely N-dealkylation sites (tertiary alicyclic amines) is 1. The van der Waals surface area contributed by atoms with E-state index in [0.29, 0.717) is 28.8 Å². The van der Waals surface area contributed by atoms with E-state index in [4.69, 9.17) is 28.9 Å². The minimum Gasteiger partial charge on any atom is -0.350 e. The van der Waals surface area contributed by atoms with Crippen LogP contribution >= 0.6 is 23.2 Å². The lowest BCUT2D eigenvalue weighted by Gasteiger charge is -2.14. The Kier molecular flexibility index (Phi) is 3.17. The SMILES string of the molecule is N[C@@H]1CCN(C(=O)c2cc3cc(Cl)c(Cl)cc3[nH]2)C1. The fourth-order valence-electron chi connectivity index (χ4n) is 2.38. The minimum absolute atomic E-state index is 0.0311. The van der Waals surface area contributed by atoms with Gasteiger partial charge in [-0.15, -0.1) is 0 Å². The predicted molar refractivity (Wildman–Crippen MR) is 76.8 cm³/mol. The number of hydrogen-bond donors (Lipinski definition) is 2. The molecule has 1 amide bonds. The predicted octanol–water partition coefficient (Wildman–Crippen LogP) is 2.65. The summed E-state index contributed by atoms with van der Waals surface area (Å²) in [5.74, 6) is -0.0311. The first-order valence-electron chi connectivity index (χ1n) is 6.07. The highest BCUT2D eigenvalue weighted by Crippen LogP contribution is 2.28. The largest absolute Gasteiger partial charge is 0.350 e. The highest BCUT2D eigenvalue weighted by atomic mass is 35.5. The molecule has 0 aliphatic carbocycles. The molecule has 1 fully saturated rings. The molecule has 1 aromatic carbocycles. The quantitative estimate of drug-likeness (QED) is 0.850. The van der Waals surface area contributed by atoms with Gasteiger partial charge in [0.15, 0.2) is 0 Å². The maximum Gasteiger partial charge on any atom is 0.270 e. The summed E-state index contributed by atoms with van der Waals surface area (Å²) in [6.45, 7) is 1.31. The van der Waals surface area contributed by atoms with Crippen molar-refractivity contribution in [2.24, 2.45) is 5.73 Å². The van der Waals surface area contributed by atoms with Crippen LogP contribution in [0, 0.1) is 0 Å². The van der Waals surface area contributed by atoms with E-state index >= 15 is 0 Å². The number of carbonyl (C=O) groups is 1. The van der Waals surface area contributed by atoms with Crippen molar-refractivity contribution >= 4 is 40.0 Å². The molecule has 1 aliphatic heterocycles. The van der Waals surface area contributed by atoms with E-state index in [-0.39, 0.29) is 11.9 Å². The van der Waals surface area contributed by atoms with Gasteiger partial charge in [-0.25, -0.2) is 0 Å². The fraction of sp³-hybridized carbons (Fsp3) is 0.308. The molecule has 0 radical (unpaired) electrons. The molecule has 0 spiro atoms. The second-order valence-corrected chi connectivity index (χ2v) is 5.65. The lowest BCUT2D eigenvalue weighted by Crippen LogP contribution is -2.32. The van der Waals surface area contributed by atoms with Crippen LogP contribution in [0.3, 0.4) is 0 Å². The van der Waals surface area contributed by atoms with E-state index in [1.165, 1.54) is 0 Å². The molecule has 0 saturated carbocycles. The molecule has 2 aromatic rings. The van der Waals surface area contributed by atoms with Crippen molar-refractivity contribution in [3.05, 3.63) is 33.9 Å². The molecule has 3 N–H and O–H groups in total. The Hall–Kier alpha value is -1.23. The van der Waals surface area contributed by atoms with Crippen molar-refractivity contribution < 1.29 is 4.79 Å². The molecular weight excluding hydrogens is 285 g/mol. The molecule has 1 aromatic heterocycles. The monoisotopic (exact) mass is 297 g/mol. The van der Waals surface area contributed by atoms with Crippen molar-refractivity contribution in [1.29, 1.82) is 0 Å². The average Bonchev–Trinajstić information content (AvgIpc) is 2.95. The zero-order valence-electron chi connectivity index (χ0n) is 10.1. The molecule has 3 rings (SSSR count). The Balaban J connectivity index is 1.95. The lowest BCUT2D eigenvalue weighted by molar-refractivity contribution is 0.0786. The summed E-state index contributed by atoms with van der Waals surface area (Å²) in [4.78, 5) is 17.1. The van der Waals surface area contributed by atoms with E-state index in [1.54, 1.807) is 23.1 Å². The summed E-state index contributed by atoms with van der Waals surface area (Å²) >= 11 is 11.9. The normalized spacial score (nSPS) is 19.3. The van der Waals surface area contributed by atoms with Gasteiger partial charge in [0, 0.05) is 30.0 Å². The van der Waals surface area contributed by atoms with E-state index in [2.05, 4.69) is 4.98 Å². The Labute approximate surface area is 120 Å². The van der Waals surface area contributed by atoms with Gasteiger partial charge < -0.3 is 15.6 Å². The maximum atomic E-state index is 12.3. The van der Waals surface area contributed by atoms with Crippen molar-refractivity contribution in [1.82, 2.24) is 9.88 Å². The van der Waals surface area contributed by atoms with Crippen molar-refractivity contribution in [2.45, 2.75) is 12.5 Å².